The summed E-state index contributed by atoms with van der Waals surface area (Å²) < 4.78 is 21.2. The molecule has 0 unspecified atom stereocenters. The van der Waals surface area contributed by atoms with Crippen molar-refractivity contribution in [3.05, 3.63) is 41.5 Å². The third-order valence-corrected chi connectivity index (χ3v) is 3.41. The van der Waals surface area contributed by atoms with Crippen LogP contribution in [0.15, 0.2) is 30.3 Å². The van der Waals surface area contributed by atoms with E-state index >= 15 is 0 Å². The van der Waals surface area contributed by atoms with E-state index in [4.69, 9.17) is 18.9 Å². The van der Waals surface area contributed by atoms with E-state index in [0.717, 1.165) is 22.6 Å². The molecule has 0 aliphatic carbocycles. The molecular weight excluding hydrogens is 260 g/mol. The quantitative estimate of drug-likeness (QED) is 0.910. The van der Waals surface area contributed by atoms with Crippen molar-refractivity contribution in [3.8, 4) is 28.7 Å². The second-order valence-corrected chi connectivity index (χ2v) is 4.70. The zero-order valence-electron chi connectivity index (χ0n) is 10.6. The topological polar surface area (TPSA) is 57.2 Å². The lowest BCUT2D eigenvalue weighted by molar-refractivity contribution is 0.173. The Kier molecular flexibility index (Phi) is 2.39. The van der Waals surface area contributed by atoms with Crippen molar-refractivity contribution >= 4 is 0 Å². The predicted molar refractivity (Wildman–Crippen MR) is 69.6 cm³/mol. The maximum absolute atomic E-state index is 10.0. The van der Waals surface area contributed by atoms with Crippen LogP contribution in [0.5, 0.6) is 28.7 Å². The van der Waals surface area contributed by atoms with Gasteiger partial charge in [0.2, 0.25) is 13.6 Å². The average molecular weight is 272 g/mol. The lowest BCUT2D eigenvalue weighted by Crippen LogP contribution is -1.93. The van der Waals surface area contributed by atoms with Crippen molar-refractivity contribution in [3.63, 3.8) is 0 Å². The van der Waals surface area contributed by atoms with Crippen molar-refractivity contribution in [2.75, 3.05) is 13.6 Å². The fraction of sp³-hybridized carbons (Fsp3) is 0.200. The third-order valence-electron chi connectivity index (χ3n) is 3.41. The van der Waals surface area contributed by atoms with Gasteiger partial charge >= 0.3 is 0 Å². The monoisotopic (exact) mass is 272 g/mol. The highest BCUT2D eigenvalue weighted by Crippen LogP contribution is 2.39. The number of benzene rings is 2. The summed E-state index contributed by atoms with van der Waals surface area (Å²) in [7, 11) is 0. The molecule has 2 aliphatic heterocycles. The van der Waals surface area contributed by atoms with E-state index in [2.05, 4.69) is 0 Å². The van der Waals surface area contributed by atoms with Gasteiger partial charge in [-0.05, 0) is 23.8 Å². The van der Waals surface area contributed by atoms with Crippen molar-refractivity contribution in [1.82, 2.24) is 0 Å². The summed E-state index contributed by atoms with van der Waals surface area (Å²) in [4.78, 5) is 0. The number of fused-ring (bicyclic) bond motifs is 2. The van der Waals surface area contributed by atoms with Gasteiger partial charge in [0.25, 0.3) is 0 Å². The molecule has 0 saturated heterocycles. The maximum atomic E-state index is 10.0. The minimum atomic E-state index is 0.197. The first kappa shape index (κ1) is 11.3. The van der Waals surface area contributed by atoms with E-state index in [1.165, 1.54) is 0 Å². The summed E-state index contributed by atoms with van der Waals surface area (Å²) in [5, 5.41) is 10.0. The van der Waals surface area contributed by atoms with Crippen molar-refractivity contribution in [2.24, 2.45) is 0 Å². The Morgan fingerprint density at radius 3 is 2.25 bits per heavy atom. The second-order valence-electron chi connectivity index (χ2n) is 4.70. The van der Waals surface area contributed by atoms with Crippen molar-refractivity contribution in [1.29, 1.82) is 0 Å². The van der Waals surface area contributed by atoms with Crippen LogP contribution in [0.25, 0.3) is 0 Å². The highest BCUT2D eigenvalue weighted by Gasteiger charge is 2.18. The summed E-state index contributed by atoms with van der Waals surface area (Å²) in [6.07, 6.45) is 0.582. The van der Waals surface area contributed by atoms with Crippen LogP contribution >= 0.6 is 0 Å². The third kappa shape index (κ3) is 1.79. The van der Waals surface area contributed by atoms with E-state index in [-0.39, 0.29) is 19.3 Å². The van der Waals surface area contributed by atoms with Gasteiger partial charge in [0.05, 0.1) is 0 Å². The lowest BCUT2D eigenvalue weighted by atomic mass is 10.0. The molecule has 5 nitrogen and oxygen atoms in total. The van der Waals surface area contributed by atoms with E-state index in [9.17, 15) is 5.11 Å². The first-order valence-electron chi connectivity index (χ1n) is 6.29. The smallest absolute Gasteiger partial charge is 0.231 e. The highest BCUT2D eigenvalue weighted by atomic mass is 16.7. The van der Waals surface area contributed by atoms with Crippen LogP contribution < -0.4 is 18.9 Å². The number of ether oxygens (including phenoxy) is 4. The molecule has 20 heavy (non-hydrogen) atoms. The SMILES string of the molecule is Oc1cc2c(cc1Cc1ccc3c(c1)OCO3)OCO2. The Balaban J connectivity index is 1.66. The zero-order chi connectivity index (χ0) is 13.5. The highest BCUT2D eigenvalue weighted by molar-refractivity contribution is 5.53. The Morgan fingerprint density at radius 1 is 0.800 bits per heavy atom. The van der Waals surface area contributed by atoms with Gasteiger partial charge in [0.15, 0.2) is 23.0 Å². The molecule has 5 heteroatoms. The van der Waals surface area contributed by atoms with Crippen LogP contribution in [-0.4, -0.2) is 18.7 Å². The molecule has 0 atom stereocenters. The van der Waals surface area contributed by atoms with Gasteiger partial charge in [-0.2, -0.15) is 0 Å². The summed E-state index contributed by atoms with van der Waals surface area (Å²) in [6.45, 7) is 0.455. The number of rotatable bonds is 2. The molecule has 2 aromatic rings. The number of phenolic OH excluding ortho intramolecular Hbond substituents is 1. The van der Waals surface area contributed by atoms with Crippen LogP contribution in [0.2, 0.25) is 0 Å². The first-order valence-corrected chi connectivity index (χ1v) is 6.29. The van der Waals surface area contributed by atoms with Crippen LogP contribution in [-0.2, 0) is 6.42 Å². The molecule has 1 N–H and O–H groups in total. The number of hydrogen-bond acceptors (Lipinski definition) is 5. The number of aromatic hydroxyl groups is 1. The Labute approximate surface area is 115 Å². The van der Waals surface area contributed by atoms with Crippen LogP contribution in [0.3, 0.4) is 0 Å². The summed E-state index contributed by atoms with van der Waals surface area (Å²) in [6, 6.07) is 9.15. The molecular formula is C15H12O5. The predicted octanol–water partition coefficient (Wildman–Crippen LogP) is 2.44. The van der Waals surface area contributed by atoms with Crippen molar-refractivity contribution < 1.29 is 24.1 Å². The standard InChI is InChI=1S/C15H12O5/c16-11-6-15-14(19-8-20-15)5-10(11)3-9-1-2-12-13(4-9)18-7-17-12/h1-2,4-6,16H,3,7-8H2. The van der Waals surface area contributed by atoms with E-state index in [1.54, 1.807) is 6.07 Å². The average Bonchev–Trinajstić information content (AvgIpc) is 3.06. The minimum Gasteiger partial charge on any atom is -0.508 e. The zero-order valence-corrected chi connectivity index (χ0v) is 10.6. The summed E-state index contributed by atoms with van der Waals surface area (Å²) in [5.41, 5.74) is 1.82. The molecule has 4 rings (SSSR count). The van der Waals surface area contributed by atoms with Gasteiger partial charge in [0, 0.05) is 18.1 Å². The van der Waals surface area contributed by atoms with E-state index in [1.807, 2.05) is 24.3 Å². The molecule has 0 amide bonds. The maximum Gasteiger partial charge on any atom is 0.231 e. The molecule has 0 bridgehead atoms. The molecule has 0 radical (unpaired) electrons. The first-order chi connectivity index (χ1) is 9.79. The molecule has 0 saturated carbocycles. The van der Waals surface area contributed by atoms with Gasteiger partial charge in [-0.1, -0.05) is 6.07 Å². The van der Waals surface area contributed by atoms with Crippen LogP contribution in [0.4, 0.5) is 0 Å². The molecule has 0 aromatic heterocycles. The molecule has 0 fully saturated rings. The lowest BCUT2D eigenvalue weighted by Gasteiger charge is -2.07. The second kappa shape index (κ2) is 4.23. The molecule has 0 spiro atoms. The fourth-order valence-corrected chi connectivity index (χ4v) is 2.39. The summed E-state index contributed by atoms with van der Waals surface area (Å²) in [5.74, 6) is 2.94. The molecule has 2 heterocycles. The number of hydrogen-bond donors (Lipinski definition) is 1. The van der Waals surface area contributed by atoms with E-state index < -0.39 is 0 Å². The normalized spacial score (nSPS) is 14.6. The fourth-order valence-electron chi connectivity index (χ4n) is 2.39. The van der Waals surface area contributed by atoms with Gasteiger partial charge in [-0.3, -0.25) is 0 Å². The summed E-state index contributed by atoms with van der Waals surface area (Å²) >= 11 is 0. The molecule has 2 aliphatic rings. The molecule has 2 aromatic carbocycles. The van der Waals surface area contributed by atoms with Gasteiger partial charge in [0.1, 0.15) is 5.75 Å². The Morgan fingerprint density at radius 2 is 1.45 bits per heavy atom. The largest absolute Gasteiger partial charge is 0.508 e. The number of phenols is 1. The Hall–Kier alpha value is -2.56. The van der Waals surface area contributed by atoms with Gasteiger partial charge < -0.3 is 24.1 Å². The minimum absolute atomic E-state index is 0.197. The van der Waals surface area contributed by atoms with E-state index in [0.29, 0.717) is 17.9 Å². The molecule has 102 valence electrons. The van der Waals surface area contributed by atoms with Crippen LogP contribution in [0, 0.1) is 0 Å². The van der Waals surface area contributed by atoms with Crippen molar-refractivity contribution in [2.45, 2.75) is 6.42 Å². The van der Waals surface area contributed by atoms with Gasteiger partial charge in [-0.25, -0.2) is 0 Å². The van der Waals surface area contributed by atoms with Gasteiger partial charge in [-0.15, -0.1) is 0 Å². The Bertz CT molecular complexity index is 680. The van der Waals surface area contributed by atoms with Crippen LogP contribution in [0.1, 0.15) is 11.1 Å².